The number of halogens is 3. The molecule has 0 heterocycles. The quantitative estimate of drug-likeness (QED) is 0.658. The number of rotatable bonds is 2. The van der Waals surface area contributed by atoms with E-state index in [1.54, 1.807) is 0 Å². The summed E-state index contributed by atoms with van der Waals surface area (Å²) >= 11 is 5.63. The highest BCUT2D eigenvalue weighted by atomic mass is 35.5. The third-order valence-corrected chi connectivity index (χ3v) is 3.08. The minimum atomic E-state index is -2.84. The fourth-order valence-electron chi connectivity index (χ4n) is 2.14. The molecule has 2 rings (SSSR count). The largest absolute Gasteiger partial charge is 0.321 e. The first-order chi connectivity index (χ1) is 7.73. The van der Waals surface area contributed by atoms with E-state index < -0.39 is 29.2 Å². The molecule has 17 heavy (non-hydrogen) atoms. The molecule has 0 saturated heterocycles. The van der Waals surface area contributed by atoms with Gasteiger partial charge in [-0.15, -0.1) is 0 Å². The van der Waals surface area contributed by atoms with E-state index in [1.165, 1.54) is 12.1 Å². The van der Waals surface area contributed by atoms with Crippen LogP contribution in [0.5, 0.6) is 0 Å². The summed E-state index contributed by atoms with van der Waals surface area (Å²) in [5.74, 6) is -2.84. The van der Waals surface area contributed by atoms with Crippen LogP contribution < -0.4 is 5.73 Å². The van der Waals surface area contributed by atoms with Crippen LogP contribution in [0.15, 0.2) is 18.2 Å². The van der Waals surface area contributed by atoms with Crippen LogP contribution in [-0.4, -0.2) is 10.8 Å². The lowest BCUT2D eigenvalue weighted by Crippen LogP contribution is -2.55. The zero-order valence-corrected chi connectivity index (χ0v) is 9.38. The summed E-state index contributed by atoms with van der Waals surface area (Å²) in [5, 5.41) is 11.0. The number of benzene rings is 1. The standard InChI is InChI=1S/C10H9ClF2N2O2/c11-6-1-2-7(8(3-6)15(16)17)9(14)4-10(12,13)5-9/h1-3H,4-5,14H2. The number of nitro benzene ring substituents is 1. The molecule has 2 N–H and O–H groups in total. The van der Waals surface area contributed by atoms with Gasteiger partial charge in [0.25, 0.3) is 11.6 Å². The number of hydrogen-bond donors (Lipinski definition) is 1. The molecule has 92 valence electrons. The fourth-order valence-corrected chi connectivity index (χ4v) is 2.30. The Morgan fingerprint density at radius 2 is 2.00 bits per heavy atom. The van der Waals surface area contributed by atoms with Gasteiger partial charge in [-0.1, -0.05) is 11.6 Å². The fraction of sp³-hybridized carbons (Fsp3) is 0.400. The Balaban J connectivity index is 2.43. The Morgan fingerprint density at radius 1 is 1.41 bits per heavy atom. The van der Waals surface area contributed by atoms with Crippen LogP contribution in [0.1, 0.15) is 18.4 Å². The monoisotopic (exact) mass is 262 g/mol. The van der Waals surface area contributed by atoms with Crippen molar-refractivity contribution < 1.29 is 13.7 Å². The maximum absolute atomic E-state index is 12.9. The molecule has 1 fully saturated rings. The van der Waals surface area contributed by atoms with Crippen LogP contribution >= 0.6 is 11.6 Å². The molecule has 1 aliphatic rings. The maximum atomic E-state index is 12.9. The topological polar surface area (TPSA) is 69.2 Å². The molecule has 1 aliphatic carbocycles. The van der Waals surface area contributed by atoms with Gasteiger partial charge in [0.05, 0.1) is 16.0 Å². The summed E-state index contributed by atoms with van der Waals surface area (Å²) < 4.78 is 25.7. The van der Waals surface area contributed by atoms with E-state index in [4.69, 9.17) is 17.3 Å². The molecule has 1 aromatic carbocycles. The zero-order valence-electron chi connectivity index (χ0n) is 8.62. The highest BCUT2D eigenvalue weighted by molar-refractivity contribution is 6.30. The third-order valence-electron chi connectivity index (χ3n) is 2.84. The molecule has 7 heteroatoms. The first kappa shape index (κ1) is 12.2. The Labute approximate surface area is 101 Å². The number of nitrogens with two attached hydrogens (primary N) is 1. The SMILES string of the molecule is NC1(c2ccc(Cl)cc2[N+](=O)[O-])CC(F)(F)C1. The van der Waals surface area contributed by atoms with E-state index in [0.29, 0.717) is 0 Å². The minimum Gasteiger partial charge on any atom is -0.321 e. The second-order valence-corrected chi connectivity index (χ2v) is 4.72. The predicted octanol–water partition coefficient (Wildman–Crippen LogP) is 2.83. The molecular formula is C10H9ClF2N2O2. The molecule has 0 aliphatic heterocycles. The van der Waals surface area contributed by atoms with Crippen molar-refractivity contribution in [2.75, 3.05) is 0 Å². The number of nitro groups is 1. The molecule has 0 radical (unpaired) electrons. The summed E-state index contributed by atoms with van der Waals surface area (Å²) in [6, 6.07) is 3.88. The smallest absolute Gasteiger partial charge is 0.275 e. The van der Waals surface area contributed by atoms with Crippen LogP contribution in [0, 0.1) is 10.1 Å². The van der Waals surface area contributed by atoms with E-state index in [-0.39, 0.29) is 16.3 Å². The summed E-state index contributed by atoms with van der Waals surface area (Å²) in [6.45, 7) is 0. The van der Waals surface area contributed by atoms with Crippen molar-refractivity contribution in [1.82, 2.24) is 0 Å². The summed E-state index contributed by atoms with van der Waals surface area (Å²) in [7, 11) is 0. The summed E-state index contributed by atoms with van der Waals surface area (Å²) in [5.41, 5.74) is 4.22. The van der Waals surface area contributed by atoms with Crippen molar-refractivity contribution in [3.63, 3.8) is 0 Å². The van der Waals surface area contributed by atoms with Gasteiger partial charge in [-0.2, -0.15) is 0 Å². The predicted molar refractivity (Wildman–Crippen MR) is 58.2 cm³/mol. The van der Waals surface area contributed by atoms with Crippen molar-refractivity contribution in [2.24, 2.45) is 5.73 Å². The number of nitrogens with zero attached hydrogens (tertiary/aromatic N) is 1. The van der Waals surface area contributed by atoms with Gasteiger partial charge >= 0.3 is 0 Å². The highest BCUT2D eigenvalue weighted by Crippen LogP contribution is 2.51. The van der Waals surface area contributed by atoms with Crippen LogP contribution in [0.25, 0.3) is 0 Å². The molecule has 0 spiro atoms. The van der Waals surface area contributed by atoms with Crippen molar-refractivity contribution in [3.8, 4) is 0 Å². The van der Waals surface area contributed by atoms with Gasteiger partial charge in [0.1, 0.15) is 0 Å². The van der Waals surface area contributed by atoms with E-state index in [2.05, 4.69) is 0 Å². The second-order valence-electron chi connectivity index (χ2n) is 4.28. The van der Waals surface area contributed by atoms with Gasteiger partial charge in [-0.3, -0.25) is 10.1 Å². The molecule has 0 bridgehead atoms. The lowest BCUT2D eigenvalue weighted by Gasteiger charge is -2.44. The average molecular weight is 263 g/mol. The first-order valence-corrected chi connectivity index (χ1v) is 5.22. The number of hydrogen-bond acceptors (Lipinski definition) is 3. The van der Waals surface area contributed by atoms with Crippen molar-refractivity contribution >= 4 is 17.3 Å². The minimum absolute atomic E-state index is 0.109. The zero-order chi connectivity index (χ0) is 12.8. The maximum Gasteiger partial charge on any atom is 0.275 e. The molecule has 0 unspecified atom stereocenters. The van der Waals surface area contributed by atoms with Crippen molar-refractivity contribution in [2.45, 2.75) is 24.3 Å². The van der Waals surface area contributed by atoms with E-state index in [1.807, 2.05) is 0 Å². The molecular weight excluding hydrogens is 254 g/mol. The van der Waals surface area contributed by atoms with Crippen LogP contribution in [-0.2, 0) is 5.54 Å². The van der Waals surface area contributed by atoms with Crippen LogP contribution in [0.4, 0.5) is 14.5 Å². The van der Waals surface area contributed by atoms with Gasteiger partial charge < -0.3 is 5.73 Å². The van der Waals surface area contributed by atoms with Crippen LogP contribution in [0.3, 0.4) is 0 Å². The molecule has 4 nitrogen and oxygen atoms in total. The Hall–Kier alpha value is -1.27. The normalized spacial score (nSPS) is 20.7. The Bertz CT molecular complexity index is 485. The first-order valence-electron chi connectivity index (χ1n) is 4.85. The van der Waals surface area contributed by atoms with E-state index in [9.17, 15) is 18.9 Å². The molecule has 0 aromatic heterocycles. The van der Waals surface area contributed by atoms with Gasteiger partial charge in [0, 0.05) is 23.9 Å². The van der Waals surface area contributed by atoms with E-state index in [0.717, 1.165) is 6.07 Å². The van der Waals surface area contributed by atoms with E-state index >= 15 is 0 Å². The number of alkyl halides is 2. The molecule has 0 amide bonds. The van der Waals surface area contributed by atoms with Crippen LogP contribution in [0.2, 0.25) is 5.02 Å². The molecule has 1 saturated carbocycles. The average Bonchev–Trinajstić information content (AvgIpc) is 2.13. The van der Waals surface area contributed by atoms with Crippen molar-refractivity contribution in [3.05, 3.63) is 38.9 Å². The van der Waals surface area contributed by atoms with Gasteiger partial charge in [0.15, 0.2) is 0 Å². The lowest BCUT2D eigenvalue weighted by atomic mass is 9.69. The Kier molecular flexibility index (Phi) is 2.59. The summed E-state index contributed by atoms with van der Waals surface area (Å²) in [6.07, 6.45) is -1.16. The Morgan fingerprint density at radius 3 is 2.47 bits per heavy atom. The van der Waals surface area contributed by atoms with Gasteiger partial charge in [0.2, 0.25) is 0 Å². The lowest BCUT2D eigenvalue weighted by molar-refractivity contribution is -0.386. The third kappa shape index (κ3) is 2.10. The molecule has 0 atom stereocenters. The second kappa shape index (κ2) is 3.61. The summed E-state index contributed by atoms with van der Waals surface area (Å²) in [4.78, 5) is 10.2. The highest BCUT2D eigenvalue weighted by Gasteiger charge is 2.57. The van der Waals surface area contributed by atoms with Gasteiger partial charge in [-0.05, 0) is 12.1 Å². The van der Waals surface area contributed by atoms with Crippen molar-refractivity contribution in [1.29, 1.82) is 0 Å². The molecule has 1 aromatic rings. The van der Waals surface area contributed by atoms with Gasteiger partial charge in [-0.25, -0.2) is 8.78 Å².